The Morgan fingerprint density at radius 3 is 0.824 bits per heavy atom. The summed E-state index contributed by atoms with van der Waals surface area (Å²) in [6.07, 6.45) is 51.5. The van der Waals surface area contributed by atoms with Crippen LogP contribution in [0.1, 0.15) is 258 Å². The number of carbonyl (C=O) groups is 2. The Balaban J connectivity index is 0.00000104. The minimum atomic E-state index is -0.681. The molecule has 2 aromatic heterocycles. The van der Waals surface area contributed by atoms with Crippen molar-refractivity contribution in [1.82, 2.24) is 9.97 Å². The maximum absolute atomic E-state index is 10.4. The zero-order valence-electron chi connectivity index (χ0n) is 43.0. The molecule has 68 heavy (non-hydrogen) atoms. The van der Waals surface area contributed by atoms with Crippen LogP contribution in [-0.4, -0.2) is 32.1 Å². The predicted octanol–water partition coefficient (Wildman–Crippen LogP) is 17.9. The predicted molar refractivity (Wildman–Crippen MR) is 286 cm³/mol. The standard InChI is InChI=1S/2C25H42O2.C10H8N4/c2*1-2-3-4-5-6-7-8-9-10-11-12-13-14-15-16-17-18-19-20-21-22-23-24-25(26)27;1-5-11-6-2-9(1)13-14-10-3-7-12-8-4-10/h2*2-12,17-24H2,1H3,(H,26,27);1-8H. The summed E-state index contributed by atoms with van der Waals surface area (Å²) >= 11 is 0. The summed E-state index contributed by atoms with van der Waals surface area (Å²) in [6.45, 7) is 4.54. The summed E-state index contributed by atoms with van der Waals surface area (Å²) in [5, 5.41) is 25.2. The lowest BCUT2D eigenvalue weighted by atomic mass is 10.1. The zero-order valence-corrected chi connectivity index (χ0v) is 43.0. The van der Waals surface area contributed by atoms with Crippen LogP contribution in [0.4, 0.5) is 11.4 Å². The molecule has 0 atom stereocenters. The topological polar surface area (TPSA) is 125 Å². The smallest absolute Gasteiger partial charge is 0.303 e. The van der Waals surface area contributed by atoms with Crippen LogP contribution < -0.4 is 0 Å². The molecule has 0 saturated heterocycles. The molecule has 0 aliphatic heterocycles. The Labute approximate surface area is 416 Å². The molecule has 0 aliphatic rings. The van der Waals surface area contributed by atoms with E-state index in [2.05, 4.69) is 81.4 Å². The van der Waals surface area contributed by atoms with Crippen molar-refractivity contribution < 1.29 is 19.8 Å². The van der Waals surface area contributed by atoms with E-state index in [0.717, 1.165) is 88.4 Å². The van der Waals surface area contributed by atoms with Gasteiger partial charge in [0.15, 0.2) is 0 Å². The van der Waals surface area contributed by atoms with Gasteiger partial charge in [-0.3, -0.25) is 19.6 Å². The molecule has 0 aliphatic carbocycles. The van der Waals surface area contributed by atoms with Gasteiger partial charge in [-0.1, -0.05) is 204 Å². The van der Waals surface area contributed by atoms with Crippen LogP contribution >= 0.6 is 0 Å². The molecule has 376 valence electrons. The average Bonchev–Trinajstić information content (AvgIpc) is 3.35. The van der Waals surface area contributed by atoms with Gasteiger partial charge in [0.1, 0.15) is 0 Å². The molecule has 0 radical (unpaired) electrons. The molecular formula is C60H92N4O4. The number of aliphatic carboxylic acids is 2. The first-order valence-corrected chi connectivity index (χ1v) is 27.1. The summed E-state index contributed by atoms with van der Waals surface area (Å²) in [7, 11) is 0. The van der Waals surface area contributed by atoms with E-state index in [0.29, 0.717) is 12.8 Å². The largest absolute Gasteiger partial charge is 0.481 e. The lowest BCUT2D eigenvalue weighted by Crippen LogP contribution is -1.93. The van der Waals surface area contributed by atoms with Gasteiger partial charge >= 0.3 is 11.9 Å². The van der Waals surface area contributed by atoms with Crippen molar-refractivity contribution in [1.29, 1.82) is 0 Å². The molecule has 2 N–H and O–H groups in total. The molecule has 0 spiro atoms. The normalized spacial score (nSPS) is 10.1. The number of carboxylic acids is 2. The van der Waals surface area contributed by atoms with Gasteiger partial charge in [-0.25, -0.2) is 0 Å². The number of hydrogen-bond donors (Lipinski definition) is 2. The van der Waals surface area contributed by atoms with Crippen molar-refractivity contribution in [3.8, 4) is 47.4 Å². The zero-order chi connectivity index (χ0) is 49.3. The second kappa shape index (κ2) is 54.7. The van der Waals surface area contributed by atoms with Crippen molar-refractivity contribution in [3.05, 3.63) is 49.1 Å². The molecule has 0 unspecified atom stereocenters. The summed E-state index contributed by atoms with van der Waals surface area (Å²) in [5.74, 6) is 23.2. The van der Waals surface area contributed by atoms with E-state index in [1.807, 2.05) is 0 Å². The van der Waals surface area contributed by atoms with Crippen LogP contribution in [0.3, 0.4) is 0 Å². The van der Waals surface area contributed by atoms with E-state index >= 15 is 0 Å². The summed E-state index contributed by atoms with van der Waals surface area (Å²) in [4.78, 5) is 28.5. The van der Waals surface area contributed by atoms with Crippen molar-refractivity contribution in [2.45, 2.75) is 258 Å². The monoisotopic (exact) mass is 933 g/mol. The highest BCUT2D eigenvalue weighted by molar-refractivity contribution is 5.66. The fourth-order valence-corrected chi connectivity index (χ4v) is 7.16. The Bertz CT molecular complexity index is 1590. The van der Waals surface area contributed by atoms with Gasteiger partial charge in [-0.15, -0.1) is 0 Å². The van der Waals surface area contributed by atoms with Gasteiger partial charge in [0.05, 0.1) is 11.4 Å². The number of aromatic nitrogens is 2. The van der Waals surface area contributed by atoms with Crippen molar-refractivity contribution in [3.63, 3.8) is 0 Å². The highest BCUT2D eigenvalue weighted by Crippen LogP contribution is 2.16. The molecular weight excluding hydrogens is 841 g/mol. The number of nitrogens with zero attached hydrogens (tertiary/aromatic N) is 4. The van der Waals surface area contributed by atoms with Crippen LogP contribution in [0.25, 0.3) is 0 Å². The van der Waals surface area contributed by atoms with Gasteiger partial charge in [0.25, 0.3) is 0 Å². The maximum Gasteiger partial charge on any atom is 0.303 e. The van der Waals surface area contributed by atoms with Crippen LogP contribution in [0.2, 0.25) is 0 Å². The second-order valence-corrected chi connectivity index (χ2v) is 17.7. The van der Waals surface area contributed by atoms with Crippen molar-refractivity contribution in [2.24, 2.45) is 10.2 Å². The van der Waals surface area contributed by atoms with E-state index in [9.17, 15) is 9.59 Å². The Hall–Kier alpha value is -4.92. The minimum Gasteiger partial charge on any atom is -0.481 e. The molecule has 0 bridgehead atoms. The molecule has 2 heterocycles. The lowest BCUT2D eigenvalue weighted by Gasteiger charge is -2.00. The van der Waals surface area contributed by atoms with Crippen molar-refractivity contribution >= 4 is 23.3 Å². The van der Waals surface area contributed by atoms with Gasteiger partial charge in [0.2, 0.25) is 0 Å². The summed E-state index contributed by atoms with van der Waals surface area (Å²) in [5.41, 5.74) is 1.58. The van der Waals surface area contributed by atoms with E-state index in [-0.39, 0.29) is 0 Å². The maximum atomic E-state index is 10.4. The van der Waals surface area contributed by atoms with E-state index < -0.39 is 11.9 Å². The van der Waals surface area contributed by atoms with Crippen LogP contribution in [0, 0.1) is 47.4 Å². The Morgan fingerprint density at radius 2 is 0.588 bits per heavy atom. The number of pyridine rings is 2. The van der Waals surface area contributed by atoms with Crippen LogP contribution in [0.5, 0.6) is 0 Å². The van der Waals surface area contributed by atoms with Gasteiger partial charge in [-0.05, 0) is 86.5 Å². The number of azo groups is 1. The SMILES string of the molecule is CCCCCCCCCCCCC#CC#CCCCCCCCCC(=O)O.CCCCCCCCCCCCC#CC#CCCCCCCCCC(=O)O.c1cc(N=Nc2ccncc2)ccn1. The summed E-state index contributed by atoms with van der Waals surface area (Å²) in [6, 6.07) is 7.19. The Morgan fingerprint density at radius 1 is 0.368 bits per heavy atom. The lowest BCUT2D eigenvalue weighted by molar-refractivity contribution is -0.138. The Kier molecular flexibility index (Phi) is 50.7. The summed E-state index contributed by atoms with van der Waals surface area (Å²) < 4.78 is 0. The fourth-order valence-electron chi connectivity index (χ4n) is 7.16. The minimum absolute atomic E-state index is 0.309. The number of rotatable bonds is 38. The van der Waals surface area contributed by atoms with E-state index in [4.69, 9.17) is 10.2 Å². The molecule has 8 heteroatoms. The quantitative estimate of drug-likeness (QED) is 0.0392. The highest BCUT2D eigenvalue weighted by atomic mass is 16.4. The van der Waals surface area contributed by atoms with Gasteiger partial charge in [-0.2, -0.15) is 10.2 Å². The molecule has 2 aromatic rings. The highest BCUT2D eigenvalue weighted by Gasteiger charge is 1.98. The molecule has 0 saturated carbocycles. The van der Waals surface area contributed by atoms with E-state index in [1.54, 1.807) is 49.1 Å². The third-order valence-corrected chi connectivity index (χ3v) is 11.3. The van der Waals surface area contributed by atoms with E-state index in [1.165, 1.54) is 154 Å². The number of hydrogen-bond acceptors (Lipinski definition) is 6. The number of carboxylic acid groups (broad SMARTS) is 2. The first-order chi connectivity index (χ1) is 33.5. The van der Waals surface area contributed by atoms with Gasteiger partial charge < -0.3 is 10.2 Å². The first kappa shape index (κ1) is 63.1. The molecule has 2 rings (SSSR count). The molecule has 0 fully saturated rings. The molecule has 8 nitrogen and oxygen atoms in total. The molecule has 0 amide bonds. The fraction of sp³-hybridized carbons (Fsp3) is 0.667. The first-order valence-electron chi connectivity index (χ1n) is 27.1. The number of unbranched alkanes of at least 4 members (excludes halogenated alkanes) is 32. The van der Waals surface area contributed by atoms with Gasteiger partial charge in [0, 0.05) is 63.3 Å². The second-order valence-electron chi connectivity index (χ2n) is 17.7. The van der Waals surface area contributed by atoms with Crippen molar-refractivity contribution in [2.75, 3.05) is 0 Å². The molecule has 0 aromatic carbocycles. The third-order valence-electron chi connectivity index (χ3n) is 11.3. The van der Waals surface area contributed by atoms with Crippen LogP contribution in [0.15, 0.2) is 59.3 Å². The average molecular weight is 933 g/mol. The van der Waals surface area contributed by atoms with Crippen LogP contribution in [-0.2, 0) is 9.59 Å². The third kappa shape index (κ3) is 53.7.